The maximum atomic E-state index is 12.9. The highest BCUT2D eigenvalue weighted by Crippen LogP contribution is 2.24. The van der Waals surface area contributed by atoms with Gasteiger partial charge in [-0.25, -0.2) is 8.78 Å². The number of rotatable bonds is 3. The number of halogens is 2. The van der Waals surface area contributed by atoms with Gasteiger partial charge in [0.1, 0.15) is 11.6 Å². The lowest BCUT2D eigenvalue weighted by atomic mass is 9.96. The second kappa shape index (κ2) is 5.76. The third-order valence-electron chi connectivity index (χ3n) is 2.72. The summed E-state index contributed by atoms with van der Waals surface area (Å²) in [6.07, 6.45) is 1.01. The van der Waals surface area contributed by atoms with E-state index < -0.39 is 6.10 Å². The van der Waals surface area contributed by atoms with Crippen molar-refractivity contribution in [3.05, 3.63) is 77.4 Å². The molecule has 98 valence electrons. The van der Waals surface area contributed by atoms with Crippen LogP contribution in [-0.2, 0) is 0 Å². The summed E-state index contributed by atoms with van der Waals surface area (Å²) in [5.74, 6) is -0.640. The second-order valence-electron chi connectivity index (χ2n) is 4.33. The van der Waals surface area contributed by atoms with Crippen LogP contribution in [0.15, 0.2) is 54.6 Å². The Bertz CT molecular complexity index is 521. The Labute approximate surface area is 110 Å². The SMILES string of the molecule is C[C@@H](O)C=C(c1ccc(F)cc1)c1ccc(F)cc1. The van der Waals surface area contributed by atoms with Crippen LogP contribution in [0.1, 0.15) is 18.1 Å². The lowest BCUT2D eigenvalue weighted by Crippen LogP contribution is -1.98. The van der Waals surface area contributed by atoms with E-state index in [0.29, 0.717) is 0 Å². The van der Waals surface area contributed by atoms with Crippen LogP contribution in [0.5, 0.6) is 0 Å². The molecule has 0 amide bonds. The fourth-order valence-electron chi connectivity index (χ4n) is 1.86. The summed E-state index contributed by atoms with van der Waals surface area (Å²) in [5.41, 5.74) is 2.29. The first-order chi connectivity index (χ1) is 9.06. The van der Waals surface area contributed by atoms with Crippen molar-refractivity contribution in [1.29, 1.82) is 0 Å². The molecule has 2 rings (SSSR count). The van der Waals surface area contributed by atoms with E-state index in [0.717, 1.165) is 16.7 Å². The van der Waals surface area contributed by atoms with Crippen LogP contribution >= 0.6 is 0 Å². The standard InChI is InChI=1S/C16H14F2O/c1-11(19)10-16(12-2-6-14(17)7-3-12)13-4-8-15(18)9-5-13/h2-11,19H,1H3/t11-/m1/s1. The molecule has 0 saturated heterocycles. The highest BCUT2D eigenvalue weighted by Gasteiger charge is 2.07. The summed E-state index contributed by atoms with van der Waals surface area (Å²) in [7, 11) is 0. The van der Waals surface area contributed by atoms with E-state index in [2.05, 4.69) is 0 Å². The smallest absolute Gasteiger partial charge is 0.123 e. The molecule has 0 aliphatic carbocycles. The third kappa shape index (κ3) is 3.48. The van der Waals surface area contributed by atoms with Crippen molar-refractivity contribution in [3.8, 4) is 0 Å². The summed E-state index contributed by atoms with van der Waals surface area (Å²) in [6.45, 7) is 1.63. The van der Waals surface area contributed by atoms with E-state index in [-0.39, 0.29) is 11.6 Å². The zero-order chi connectivity index (χ0) is 13.8. The van der Waals surface area contributed by atoms with Crippen LogP contribution in [0.25, 0.3) is 5.57 Å². The first-order valence-electron chi connectivity index (χ1n) is 5.98. The monoisotopic (exact) mass is 260 g/mol. The largest absolute Gasteiger partial charge is 0.389 e. The predicted molar refractivity (Wildman–Crippen MR) is 71.6 cm³/mol. The Morgan fingerprint density at radius 1 is 0.895 bits per heavy atom. The Morgan fingerprint density at radius 2 is 1.26 bits per heavy atom. The zero-order valence-electron chi connectivity index (χ0n) is 10.5. The molecule has 2 aromatic carbocycles. The van der Waals surface area contributed by atoms with Gasteiger partial charge in [0, 0.05) is 0 Å². The molecule has 1 N–H and O–H groups in total. The van der Waals surface area contributed by atoms with Crippen LogP contribution in [0.4, 0.5) is 8.78 Å². The van der Waals surface area contributed by atoms with Crippen molar-refractivity contribution in [2.24, 2.45) is 0 Å². The molecule has 0 unspecified atom stereocenters. The van der Waals surface area contributed by atoms with Gasteiger partial charge in [-0.1, -0.05) is 24.3 Å². The quantitative estimate of drug-likeness (QED) is 0.890. The van der Waals surface area contributed by atoms with Gasteiger partial charge in [-0.2, -0.15) is 0 Å². The molecule has 0 fully saturated rings. The Kier molecular flexibility index (Phi) is 4.07. The van der Waals surface area contributed by atoms with Crippen molar-refractivity contribution in [2.75, 3.05) is 0 Å². The molecule has 0 aromatic heterocycles. The molecule has 0 saturated carbocycles. The summed E-state index contributed by atoms with van der Waals surface area (Å²) in [5, 5.41) is 9.53. The van der Waals surface area contributed by atoms with E-state index in [4.69, 9.17) is 0 Å². The topological polar surface area (TPSA) is 20.2 Å². The number of aliphatic hydroxyl groups is 1. The second-order valence-corrected chi connectivity index (χ2v) is 4.33. The minimum atomic E-state index is -0.648. The maximum Gasteiger partial charge on any atom is 0.123 e. The van der Waals surface area contributed by atoms with Gasteiger partial charge in [0.2, 0.25) is 0 Å². The van der Waals surface area contributed by atoms with Gasteiger partial charge in [0.15, 0.2) is 0 Å². The molecule has 19 heavy (non-hydrogen) atoms. The van der Waals surface area contributed by atoms with Crippen LogP contribution in [0.3, 0.4) is 0 Å². The number of aliphatic hydroxyl groups excluding tert-OH is 1. The number of hydrogen-bond donors (Lipinski definition) is 1. The third-order valence-corrected chi connectivity index (χ3v) is 2.72. The molecule has 0 aliphatic rings. The fourth-order valence-corrected chi connectivity index (χ4v) is 1.86. The maximum absolute atomic E-state index is 12.9. The minimum Gasteiger partial charge on any atom is -0.389 e. The van der Waals surface area contributed by atoms with Gasteiger partial charge in [0.25, 0.3) is 0 Å². The van der Waals surface area contributed by atoms with Crippen molar-refractivity contribution < 1.29 is 13.9 Å². The first-order valence-corrected chi connectivity index (χ1v) is 5.98. The average molecular weight is 260 g/mol. The van der Waals surface area contributed by atoms with E-state index in [1.54, 1.807) is 37.3 Å². The number of hydrogen-bond acceptors (Lipinski definition) is 1. The number of benzene rings is 2. The Morgan fingerprint density at radius 3 is 1.58 bits per heavy atom. The predicted octanol–water partition coefficient (Wildman–Crippen LogP) is 3.78. The molecule has 0 bridgehead atoms. The van der Waals surface area contributed by atoms with Gasteiger partial charge < -0.3 is 5.11 Å². The first kappa shape index (κ1) is 13.4. The van der Waals surface area contributed by atoms with Crippen LogP contribution < -0.4 is 0 Å². The lowest BCUT2D eigenvalue weighted by Gasteiger charge is -2.10. The van der Waals surface area contributed by atoms with Gasteiger partial charge in [-0.3, -0.25) is 0 Å². The molecule has 0 spiro atoms. The molecule has 1 nitrogen and oxygen atoms in total. The van der Waals surface area contributed by atoms with Crippen LogP contribution in [0.2, 0.25) is 0 Å². The minimum absolute atomic E-state index is 0.320. The molecule has 3 heteroatoms. The van der Waals surface area contributed by atoms with Crippen LogP contribution in [-0.4, -0.2) is 11.2 Å². The Hall–Kier alpha value is -2.00. The summed E-state index contributed by atoms with van der Waals surface area (Å²) in [6, 6.07) is 12.0. The Balaban J connectivity index is 2.47. The molecule has 0 heterocycles. The van der Waals surface area contributed by atoms with Crippen LogP contribution in [0, 0.1) is 11.6 Å². The van der Waals surface area contributed by atoms with E-state index in [9.17, 15) is 13.9 Å². The summed E-state index contributed by atoms with van der Waals surface area (Å²) in [4.78, 5) is 0. The molecule has 2 aromatic rings. The van der Waals surface area contributed by atoms with Gasteiger partial charge >= 0.3 is 0 Å². The van der Waals surface area contributed by atoms with Crippen molar-refractivity contribution in [1.82, 2.24) is 0 Å². The molecular weight excluding hydrogens is 246 g/mol. The van der Waals surface area contributed by atoms with E-state index in [1.165, 1.54) is 24.3 Å². The van der Waals surface area contributed by atoms with Gasteiger partial charge in [-0.15, -0.1) is 0 Å². The van der Waals surface area contributed by atoms with Crippen molar-refractivity contribution in [3.63, 3.8) is 0 Å². The van der Waals surface area contributed by atoms with E-state index in [1.807, 2.05) is 0 Å². The average Bonchev–Trinajstić information content (AvgIpc) is 2.38. The molecule has 0 aliphatic heterocycles. The van der Waals surface area contributed by atoms with Crippen molar-refractivity contribution >= 4 is 5.57 Å². The highest BCUT2D eigenvalue weighted by atomic mass is 19.1. The zero-order valence-corrected chi connectivity index (χ0v) is 10.5. The van der Waals surface area contributed by atoms with Crippen molar-refractivity contribution in [2.45, 2.75) is 13.0 Å². The fraction of sp³-hybridized carbons (Fsp3) is 0.125. The molecular formula is C16H14F2O. The normalized spacial score (nSPS) is 12.0. The highest BCUT2D eigenvalue weighted by molar-refractivity contribution is 5.80. The lowest BCUT2D eigenvalue weighted by molar-refractivity contribution is 0.244. The molecule has 0 radical (unpaired) electrons. The van der Waals surface area contributed by atoms with E-state index >= 15 is 0 Å². The van der Waals surface area contributed by atoms with Gasteiger partial charge in [0.05, 0.1) is 6.10 Å². The summed E-state index contributed by atoms with van der Waals surface area (Å²) >= 11 is 0. The molecule has 1 atom stereocenters. The summed E-state index contributed by atoms with van der Waals surface area (Å²) < 4.78 is 25.9. The van der Waals surface area contributed by atoms with Gasteiger partial charge in [-0.05, 0) is 54.0 Å².